The van der Waals surface area contributed by atoms with Crippen LogP contribution in [-0.4, -0.2) is 25.5 Å². The number of hydrogen-bond donors (Lipinski definition) is 1. The van der Waals surface area contributed by atoms with Gasteiger partial charge in [0.1, 0.15) is 0 Å². The first kappa shape index (κ1) is 11.9. The summed E-state index contributed by atoms with van der Waals surface area (Å²) in [6, 6.07) is 0.0788. The Kier molecular flexibility index (Phi) is 6.34. The second kappa shape index (κ2) is 6.40. The largest absolute Gasteiger partial charge is 0.353 e. The lowest BCUT2D eigenvalue weighted by Crippen LogP contribution is -2.26. The van der Waals surface area contributed by atoms with Gasteiger partial charge in [-0.1, -0.05) is 13.8 Å². The van der Waals surface area contributed by atoms with Crippen molar-refractivity contribution in [2.24, 2.45) is 11.7 Å². The third-order valence-corrected chi connectivity index (χ3v) is 1.26. The van der Waals surface area contributed by atoms with Gasteiger partial charge in [0, 0.05) is 6.04 Å². The van der Waals surface area contributed by atoms with Crippen LogP contribution >= 0.6 is 0 Å². The van der Waals surface area contributed by atoms with E-state index in [1.807, 2.05) is 13.8 Å². The van der Waals surface area contributed by atoms with Crippen molar-refractivity contribution in [1.29, 1.82) is 0 Å². The molecule has 2 unspecified atom stereocenters. The highest BCUT2D eigenvalue weighted by Crippen LogP contribution is 1.99. The van der Waals surface area contributed by atoms with Crippen molar-refractivity contribution in [3.63, 3.8) is 0 Å². The fraction of sp³-hybridized carbons (Fsp3) is 1.00. The Labute approximate surface area is 75.2 Å². The van der Waals surface area contributed by atoms with E-state index in [-0.39, 0.29) is 12.3 Å². The summed E-state index contributed by atoms with van der Waals surface area (Å²) in [6.45, 7) is 9.32. The Morgan fingerprint density at radius 2 is 1.50 bits per heavy atom. The predicted molar refractivity (Wildman–Crippen MR) is 49.9 cm³/mol. The van der Waals surface area contributed by atoms with Crippen LogP contribution in [0.4, 0.5) is 0 Å². The molecular formula is C9H21NO2. The van der Waals surface area contributed by atoms with Crippen molar-refractivity contribution in [3.05, 3.63) is 0 Å². The van der Waals surface area contributed by atoms with Gasteiger partial charge in [-0.15, -0.1) is 0 Å². The summed E-state index contributed by atoms with van der Waals surface area (Å²) in [5.41, 5.74) is 5.52. The summed E-state index contributed by atoms with van der Waals surface area (Å²) >= 11 is 0. The SMILES string of the molecule is CC(C)COC(C)OCC(C)N. The van der Waals surface area contributed by atoms with E-state index in [4.69, 9.17) is 15.2 Å². The maximum atomic E-state index is 5.52. The predicted octanol–water partition coefficient (Wildman–Crippen LogP) is 1.37. The second-order valence-corrected chi connectivity index (χ2v) is 3.61. The van der Waals surface area contributed by atoms with Gasteiger partial charge in [-0.25, -0.2) is 0 Å². The molecule has 2 atom stereocenters. The van der Waals surface area contributed by atoms with E-state index < -0.39 is 0 Å². The molecule has 0 aromatic carbocycles. The summed E-state index contributed by atoms with van der Waals surface area (Å²) in [4.78, 5) is 0. The fourth-order valence-electron chi connectivity index (χ4n) is 0.663. The number of nitrogens with two attached hydrogens (primary N) is 1. The molecule has 3 heteroatoms. The van der Waals surface area contributed by atoms with Crippen LogP contribution in [0, 0.1) is 5.92 Å². The van der Waals surface area contributed by atoms with Crippen LogP contribution < -0.4 is 5.73 Å². The molecule has 0 rings (SSSR count). The molecule has 0 saturated heterocycles. The minimum Gasteiger partial charge on any atom is -0.353 e. The van der Waals surface area contributed by atoms with Crippen LogP contribution in [0.1, 0.15) is 27.7 Å². The monoisotopic (exact) mass is 175 g/mol. The Morgan fingerprint density at radius 3 is 1.92 bits per heavy atom. The quantitative estimate of drug-likeness (QED) is 0.620. The van der Waals surface area contributed by atoms with Gasteiger partial charge in [0.2, 0.25) is 0 Å². The van der Waals surface area contributed by atoms with Gasteiger partial charge in [0.25, 0.3) is 0 Å². The van der Waals surface area contributed by atoms with E-state index in [1.54, 1.807) is 0 Å². The van der Waals surface area contributed by atoms with E-state index >= 15 is 0 Å². The molecule has 3 nitrogen and oxygen atoms in total. The van der Waals surface area contributed by atoms with Crippen molar-refractivity contribution in [1.82, 2.24) is 0 Å². The molecule has 0 saturated carbocycles. The van der Waals surface area contributed by atoms with Crippen molar-refractivity contribution >= 4 is 0 Å². The Morgan fingerprint density at radius 1 is 1.00 bits per heavy atom. The zero-order valence-corrected chi connectivity index (χ0v) is 8.54. The van der Waals surface area contributed by atoms with Crippen LogP contribution in [0.15, 0.2) is 0 Å². The highest BCUT2D eigenvalue weighted by molar-refractivity contribution is 4.49. The van der Waals surface area contributed by atoms with Gasteiger partial charge in [-0.05, 0) is 19.8 Å². The lowest BCUT2D eigenvalue weighted by molar-refractivity contribution is -0.138. The smallest absolute Gasteiger partial charge is 0.154 e. The second-order valence-electron chi connectivity index (χ2n) is 3.61. The molecule has 2 N–H and O–H groups in total. The lowest BCUT2D eigenvalue weighted by Gasteiger charge is -2.16. The first-order valence-corrected chi connectivity index (χ1v) is 4.51. The van der Waals surface area contributed by atoms with Gasteiger partial charge < -0.3 is 15.2 Å². The van der Waals surface area contributed by atoms with Gasteiger partial charge >= 0.3 is 0 Å². The lowest BCUT2D eigenvalue weighted by atomic mass is 10.2. The molecule has 0 bridgehead atoms. The molecule has 0 aromatic rings. The molecule has 74 valence electrons. The van der Waals surface area contributed by atoms with E-state index in [9.17, 15) is 0 Å². The van der Waals surface area contributed by atoms with Crippen LogP contribution in [0.3, 0.4) is 0 Å². The van der Waals surface area contributed by atoms with Gasteiger partial charge in [-0.3, -0.25) is 0 Å². The normalized spacial score (nSPS) is 16.5. The first-order valence-electron chi connectivity index (χ1n) is 4.51. The zero-order chi connectivity index (χ0) is 9.56. The Balaban J connectivity index is 3.27. The molecule has 0 aliphatic rings. The molecule has 0 amide bonds. The third kappa shape index (κ3) is 7.98. The number of hydrogen-bond acceptors (Lipinski definition) is 3. The maximum Gasteiger partial charge on any atom is 0.154 e. The molecule has 0 aliphatic carbocycles. The molecule has 0 spiro atoms. The minimum atomic E-state index is -0.140. The van der Waals surface area contributed by atoms with E-state index in [0.717, 1.165) is 6.61 Å². The van der Waals surface area contributed by atoms with Gasteiger partial charge in [0.15, 0.2) is 6.29 Å². The molecule has 0 fully saturated rings. The van der Waals surface area contributed by atoms with Crippen LogP contribution in [0.2, 0.25) is 0 Å². The molecule has 0 aliphatic heterocycles. The fourth-order valence-corrected chi connectivity index (χ4v) is 0.663. The van der Waals surface area contributed by atoms with Crippen LogP contribution in [0.25, 0.3) is 0 Å². The number of ether oxygens (including phenoxy) is 2. The average molecular weight is 175 g/mol. The first-order chi connectivity index (χ1) is 5.52. The zero-order valence-electron chi connectivity index (χ0n) is 8.54. The van der Waals surface area contributed by atoms with Crippen molar-refractivity contribution in [3.8, 4) is 0 Å². The summed E-state index contributed by atoms with van der Waals surface area (Å²) in [7, 11) is 0. The summed E-state index contributed by atoms with van der Waals surface area (Å²) in [6.07, 6.45) is -0.140. The third-order valence-electron chi connectivity index (χ3n) is 1.26. The molecule has 0 radical (unpaired) electrons. The van der Waals surface area contributed by atoms with Crippen molar-refractivity contribution in [2.75, 3.05) is 13.2 Å². The topological polar surface area (TPSA) is 44.5 Å². The van der Waals surface area contributed by atoms with E-state index in [1.165, 1.54) is 0 Å². The Hall–Kier alpha value is -0.120. The van der Waals surface area contributed by atoms with Crippen molar-refractivity contribution < 1.29 is 9.47 Å². The highest BCUT2D eigenvalue weighted by atomic mass is 16.7. The number of rotatable bonds is 6. The van der Waals surface area contributed by atoms with E-state index in [2.05, 4.69) is 13.8 Å². The molecular weight excluding hydrogens is 154 g/mol. The van der Waals surface area contributed by atoms with Crippen molar-refractivity contribution in [2.45, 2.75) is 40.0 Å². The minimum absolute atomic E-state index is 0.0788. The molecule has 12 heavy (non-hydrogen) atoms. The molecule has 0 heterocycles. The highest BCUT2D eigenvalue weighted by Gasteiger charge is 2.04. The molecule has 0 aromatic heterocycles. The average Bonchev–Trinajstić information content (AvgIpc) is 1.96. The van der Waals surface area contributed by atoms with Gasteiger partial charge in [-0.2, -0.15) is 0 Å². The summed E-state index contributed by atoms with van der Waals surface area (Å²) in [5.74, 6) is 0.548. The standard InChI is InChI=1S/C9H21NO2/c1-7(2)5-11-9(4)12-6-8(3)10/h7-9H,5-6,10H2,1-4H3. The summed E-state index contributed by atoms with van der Waals surface area (Å²) in [5, 5.41) is 0. The van der Waals surface area contributed by atoms with Gasteiger partial charge in [0.05, 0.1) is 13.2 Å². The van der Waals surface area contributed by atoms with Crippen LogP contribution in [-0.2, 0) is 9.47 Å². The van der Waals surface area contributed by atoms with E-state index in [0.29, 0.717) is 12.5 Å². The summed E-state index contributed by atoms with van der Waals surface area (Å²) < 4.78 is 10.7. The maximum absolute atomic E-state index is 5.52. The van der Waals surface area contributed by atoms with Crippen LogP contribution in [0.5, 0.6) is 0 Å². The Bertz CT molecular complexity index is 92.7.